The molecule has 1 saturated heterocycles. The molecule has 0 saturated carbocycles. The van der Waals surface area contributed by atoms with Crippen LogP contribution in [0.4, 0.5) is 13.9 Å². The Morgan fingerprint density at radius 1 is 1.32 bits per heavy atom. The van der Waals surface area contributed by atoms with Crippen LogP contribution >= 0.6 is 11.3 Å². The molecule has 3 rings (SSSR count). The van der Waals surface area contributed by atoms with E-state index in [0.29, 0.717) is 29.5 Å². The second-order valence-electron chi connectivity index (χ2n) is 6.68. The number of thiazole rings is 1. The molecule has 2 amide bonds. The van der Waals surface area contributed by atoms with Gasteiger partial charge in [-0.3, -0.25) is 14.5 Å². The summed E-state index contributed by atoms with van der Waals surface area (Å²) < 4.78 is 26.4. The van der Waals surface area contributed by atoms with Gasteiger partial charge in [-0.2, -0.15) is 0 Å². The van der Waals surface area contributed by atoms with E-state index in [2.05, 4.69) is 15.6 Å². The Labute approximate surface area is 166 Å². The molecule has 0 radical (unpaired) electrons. The van der Waals surface area contributed by atoms with Gasteiger partial charge in [-0.25, -0.2) is 13.8 Å². The number of aromatic nitrogens is 1. The minimum Gasteiger partial charge on any atom is -0.356 e. The first kappa shape index (κ1) is 20.3. The molecule has 1 aliphatic heterocycles. The molecular formula is C19H22F2N4O2S. The molecule has 0 aliphatic carbocycles. The van der Waals surface area contributed by atoms with Crippen molar-refractivity contribution in [1.29, 1.82) is 0 Å². The molecule has 0 bridgehead atoms. The lowest BCUT2D eigenvalue weighted by molar-refractivity contribution is -0.127. The summed E-state index contributed by atoms with van der Waals surface area (Å²) in [5, 5.41) is 7.63. The Balaban J connectivity index is 1.56. The first-order valence-corrected chi connectivity index (χ1v) is 10.0. The van der Waals surface area contributed by atoms with Gasteiger partial charge in [0, 0.05) is 24.0 Å². The lowest BCUT2D eigenvalue weighted by Gasteiger charge is -2.31. The van der Waals surface area contributed by atoms with Crippen LogP contribution in [0.15, 0.2) is 23.6 Å². The number of likely N-dealkylation sites (tertiary alicyclic amines) is 1. The monoisotopic (exact) mass is 408 g/mol. The first-order chi connectivity index (χ1) is 13.5. The number of nitrogens with zero attached hydrogens (tertiary/aromatic N) is 2. The van der Waals surface area contributed by atoms with Crippen LogP contribution < -0.4 is 10.6 Å². The smallest absolute Gasteiger partial charge is 0.240 e. The zero-order valence-corrected chi connectivity index (χ0v) is 16.3. The Morgan fingerprint density at radius 3 is 2.89 bits per heavy atom. The number of hydrogen-bond acceptors (Lipinski definition) is 5. The lowest BCUT2D eigenvalue weighted by atomic mass is 9.97. The maximum atomic E-state index is 13.4. The first-order valence-electron chi connectivity index (χ1n) is 9.17. The van der Waals surface area contributed by atoms with E-state index in [0.717, 1.165) is 31.5 Å². The molecule has 1 aliphatic rings. The molecule has 2 heterocycles. The van der Waals surface area contributed by atoms with E-state index in [9.17, 15) is 18.4 Å². The second kappa shape index (κ2) is 9.20. The number of carbonyl (C=O) groups is 2. The van der Waals surface area contributed by atoms with Crippen molar-refractivity contribution in [2.75, 3.05) is 31.5 Å². The predicted molar refractivity (Wildman–Crippen MR) is 104 cm³/mol. The molecule has 1 unspecified atom stereocenters. The second-order valence-corrected chi connectivity index (χ2v) is 7.54. The van der Waals surface area contributed by atoms with Crippen molar-refractivity contribution in [2.24, 2.45) is 5.92 Å². The highest BCUT2D eigenvalue weighted by molar-refractivity contribution is 7.14. The molecule has 1 fully saturated rings. The number of carbonyl (C=O) groups excluding carboxylic acids is 2. The molecule has 2 N–H and O–H groups in total. The van der Waals surface area contributed by atoms with Gasteiger partial charge in [0.25, 0.3) is 0 Å². The average Bonchev–Trinajstić information content (AvgIpc) is 3.12. The highest BCUT2D eigenvalue weighted by Gasteiger charge is 2.26. The van der Waals surface area contributed by atoms with Crippen LogP contribution in [-0.4, -0.2) is 47.9 Å². The number of benzene rings is 1. The van der Waals surface area contributed by atoms with Crippen LogP contribution in [0.3, 0.4) is 0 Å². The van der Waals surface area contributed by atoms with Crippen molar-refractivity contribution >= 4 is 28.3 Å². The average molecular weight is 408 g/mol. The third kappa shape index (κ3) is 5.11. The standard InChI is InChI=1S/C19H22F2N4O2S/c1-2-22-18(27)13-4-3-7-25(9-13)10-17(26)24-19-23-16(11-28-19)12-5-6-14(20)15(21)8-12/h5-6,8,11,13H,2-4,7,9-10H2,1H3,(H,22,27)(H,23,24,26). The van der Waals surface area contributed by atoms with Crippen molar-refractivity contribution < 1.29 is 18.4 Å². The summed E-state index contributed by atoms with van der Waals surface area (Å²) in [6.45, 7) is 3.98. The van der Waals surface area contributed by atoms with Crippen LogP contribution in [0.2, 0.25) is 0 Å². The van der Waals surface area contributed by atoms with E-state index >= 15 is 0 Å². The molecule has 2 aromatic rings. The molecule has 28 heavy (non-hydrogen) atoms. The molecule has 150 valence electrons. The van der Waals surface area contributed by atoms with Gasteiger partial charge in [0.05, 0.1) is 18.2 Å². The van der Waals surface area contributed by atoms with Crippen molar-refractivity contribution in [3.63, 3.8) is 0 Å². The maximum absolute atomic E-state index is 13.4. The minimum absolute atomic E-state index is 0.0312. The summed E-state index contributed by atoms with van der Waals surface area (Å²) in [5.41, 5.74) is 0.907. The number of hydrogen-bond donors (Lipinski definition) is 2. The van der Waals surface area contributed by atoms with Crippen molar-refractivity contribution in [1.82, 2.24) is 15.2 Å². The van der Waals surface area contributed by atoms with Gasteiger partial charge in [0.2, 0.25) is 11.8 Å². The minimum atomic E-state index is -0.942. The number of halogens is 2. The molecule has 0 spiro atoms. The molecule has 1 atom stereocenters. The highest BCUT2D eigenvalue weighted by Crippen LogP contribution is 2.26. The highest BCUT2D eigenvalue weighted by atomic mass is 32.1. The molecule has 9 heteroatoms. The van der Waals surface area contributed by atoms with Crippen LogP contribution in [0.25, 0.3) is 11.3 Å². The molecule has 6 nitrogen and oxygen atoms in total. The van der Waals surface area contributed by atoms with Crippen molar-refractivity contribution in [2.45, 2.75) is 19.8 Å². The third-order valence-corrected chi connectivity index (χ3v) is 5.32. The Hall–Kier alpha value is -2.39. The summed E-state index contributed by atoms with van der Waals surface area (Å²) in [5.74, 6) is -2.14. The number of amides is 2. The molecular weight excluding hydrogens is 386 g/mol. The topological polar surface area (TPSA) is 74.3 Å². The van der Waals surface area contributed by atoms with E-state index in [-0.39, 0.29) is 24.3 Å². The molecule has 1 aromatic carbocycles. The van der Waals surface area contributed by atoms with Crippen LogP contribution in [0, 0.1) is 17.6 Å². The zero-order valence-electron chi connectivity index (χ0n) is 15.5. The summed E-state index contributed by atoms with van der Waals surface area (Å²) >= 11 is 1.21. The number of anilines is 1. The number of nitrogens with one attached hydrogen (secondary N) is 2. The van der Waals surface area contributed by atoms with Gasteiger partial charge in [-0.15, -0.1) is 11.3 Å². The lowest BCUT2D eigenvalue weighted by Crippen LogP contribution is -2.45. The van der Waals surface area contributed by atoms with Crippen LogP contribution in [-0.2, 0) is 9.59 Å². The van der Waals surface area contributed by atoms with Gasteiger partial charge in [-0.05, 0) is 44.5 Å². The summed E-state index contributed by atoms with van der Waals surface area (Å²) in [6, 6.07) is 3.56. The van der Waals surface area contributed by atoms with Gasteiger partial charge in [0.1, 0.15) is 0 Å². The predicted octanol–water partition coefficient (Wildman–Crippen LogP) is 2.87. The van der Waals surface area contributed by atoms with Gasteiger partial charge < -0.3 is 10.6 Å². The SMILES string of the molecule is CCNC(=O)C1CCCN(CC(=O)Nc2nc(-c3ccc(F)c(F)c3)cs2)C1. The normalized spacial score (nSPS) is 17.3. The fraction of sp³-hybridized carbons (Fsp3) is 0.421. The Kier molecular flexibility index (Phi) is 6.69. The summed E-state index contributed by atoms with van der Waals surface area (Å²) in [7, 11) is 0. The quantitative estimate of drug-likeness (QED) is 0.771. The van der Waals surface area contributed by atoms with Gasteiger partial charge in [-0.1, -0.05) is 0 Å². The van der Waals surface area contributed by atoms with Crippen molar-refractivity contribution in [3.8, 4) is 11.3 Å². The Bertz CT molecular complexity index is 858. The summed E-state index contributed by atoms with van der Waals surface area (Å²) in [6.07, 6.45) is 1.70. The maximum Gasteiger partial charge on any atom is 0.240 e. The van der Waals surface area contributed by atoms with E-state index in [1.807, 2.05) is 11.8 Å². The Morgan fingerprint density at radius 2 is 2.14 bits per heavy atom. The van der Waals surface area contributed by atoms with E-state index in [4.69, 9.17) is 0 Å². The third-order valence-electron chi connectivity index (χ3n) is 4.56. The number of rotatable bonds is 6. The van der Waals surface area contributed by atoms with E-state index in [1.165, 1.54) is 17.4 Å². The van der Waals surface area contributed by atoms with E-state index in [1.54, 1.807) is 5.38 Å². The van der Waals surface area contributed by atoms with Gasteiger partial charge >= 0.3 is 0 Å². The van der Waals surface area contributed by atoms with Crippen LogP contribution in [0.5, 0.6) is 0 Å². The fourth-order valence-corrected chi connectivity index (χ4v) is 3.95. The zero-order chi connectivity index (χ0) is 20.1. The van der Waals surface area contributed by atoms with E-state index < -0.39 is 11.6 Å². The van der Waals surface area contributed by atoms with Crippen LogP contribution in [0.1, 0.15) is 19.8 Å². The largest absolute Gasteiger partial charge is 0.356 e. The summed E-state index contributed by atoms with van der Waals surface area (Å²) in [4.78, 5) is 30.6. The van der Waals surface area contributed by atoms with Gasteiger partial charge in [0.15, 0.2) is 16.8 Å². The fourth-order valence-electron chi connectivity index (χ4n) is 3.21. The number of piperidine rings is 1. The molecule has 1 aromatic heterocycles. The van der Waals surface area contributed by atoms with Crippen molar-refractivity contribution in [3.05, 3.63) is 35.2 Å².